The first-order valence-corrected chi connectivity index (χ1v) is 21.8. The number of carbonyl (C=O) groups is 1. The van der Waals surface area contributed by atoms with Gasteiger partial charge in [0.2, 0.25) is 16.9 Å². The third-order valence-corrected chi connectivity index (χ3v) is 12.6. The summed E-state index contributed by atoms with van der Waals surface area (Å²) in [7, 11) is -8.94. The second kappa shape index (κ2) is 17.8. The van der Waals surface area contributed by atoms with E-state index < -0.39 is 59.8 Å². The lowest BCUT2D eigenvalue weighted by Gasteiger charge is -2.19. The summed E-state index contributed by atoms with van der Waals surface area (Å²) in [6.07, 6.45) is 0.471. The summed E-state index contributed by atoms with van der Waals surface area (Å²) in [5.41, 5.74) is 2.49. The fourth-order valence-corrected chi connectivity index (χ4v) is 9.09. The maximum Gasteiger partial charge on any atom is 0.490 e. The summed E-state index contributed by atoms with van der Waals surface area (Å²) >= 11 is 0. The topological polar surface area (TPSA) is 284 Å². The van der Waals surface area contributed by atoms with Crippen molar-refractivity contribution in [3.8, 4) is 0 Å². The lowest BCUT2D eigenvalue weighted by atomic mass is 10.1. The first-order valence-electron chi connectivity index (χ1n) is 17.3. The Hall–Kier alpha value is -4.07. The van der Waals surface area contributed by atoms with Gasteiger partial charge in [0.1, 0.15) is 18.9 Å². The molecule has 3 heterocycles. The smallest absolute Gasteiger partial charge is 0.390 e. The zero-order chi connectivity index (χ0) is 41.9. The molecule has 7 N–H and O–H groups in total. The summed E-state index contributed by atoms with van der Waals surface area (Å²) < 4.78 is 55.0. The summed E-state index contributed by atoms with van der Waals surface area (Å²) in [4.78, 5) is 80.5. The molecule has 24 heteroatoms. The number of H-pyrrole nitrogens is 1. The van der Waals surface area contributed by atoms with Gasteiger partial charge in [0, 0.05) is 94.5 Å². The van der Waals surface area contributed by atoms with Gasteiger partial charge in [-0.3, -0.25) is 23.7 Å². The fourth-order valence-electron chi connectivity index (χ4n) is 6.06. The van der Waals surface area contributed by atoms with E-state index in [9.17, 15) is 43.0 Å². The van der Waals surface area contributed by atoms with Crippen molar-refractivity contribution >= 4 is 68.6 Å². The number of carbonyl (C=O) groups excluding carboxylic acids is 1. The molecule has 1 amide bonds. The lowest BCUT2D eigenvalue weighted by molar-refractivity contribution is -0.645. The van der Waals surface area contributed by atoms with E-state index in [0.29, 0.717) is 13.0 Å². The van der Waals surface area contributed by atoms with Gasteiger partial charge in [-0.25, -0.2) is 18.5 Å². The molecule has 0 saturated carbocycles. The van der Waals surface area contributed by atoms with Gasteiger partial charge in [-0.15, -0.1) is 0 Å². The number of benzene rings is 2. The number of pyridine rings is 1. The summed E-state index contributed by atoms with van der Waals surface area (Å²) in [6.45, 7) is -0.321. The zero-order valence-electron chi connectivity index (χ0n) is 31.2. The highest BCUT2D eigenvalue weighted by atomic mass is 31.3. The average Bonchev–Trinajstić information content (AvgIpc) is 3.47. The van der Waals surface area contributed by atoms with E-state index in [0.717, 1.165) is 43.9 Å². The molecular weight excluding hydrogens is 813 g/mol. The maximum absolute atomic E-state index is 12.9. The molecule has 0 bridgehead atoms. The van der Waals surface area contributed by atoms with Crippen LogP contribution in [0.2, 0.25) is 0 Å². The van der Waals surface area contributed by atoms with Crippen LogP contribution in [-0.4, -0.2) is 93.7 Å². The van der Waals surface area contributed by atoms with Crippen molar-refractivity contribution < 1.29 is 65.6 Å². The number of phosphoric acid groups is 3. The first-order chi connectivity index (χ1) is 26.6. The number of nitrogens with one attached hydrogen (secondary N) is 2. The number of amides is 1. The number of phosphoric ester groups is 1. The van der Waals surface area contributed by atoms with Crippen molar-refractivity contribution in [2.24, 2.45) is 0 Å². The largest absolute Gasteiger partial charge is 0.490 e. The Morgan fingerprint density at radius 2 is 1.58 bits per heavy atom. The van der Waals surface area contributed by atoms with Gasteiger partial charge in [-0.2, -0.15) is 13.2 Å². The number of rotatable bonds is 17. The second-order valence-corrected chi connectivity index (χ2v) is 17.9. The van der Waals surface area contributed by atoms with Gasteiger partial charge >= 0.3 is 29.2 Å². The lowest BCUT2D eigenvalue weighted by Crippen LogP contribution is -2.37. The van der Waals surface area contributed by atoms with Crippen LogP contribution in [0.5, 0.6) is 0 Å². The number of aromatic amines is 1. The van der Waals surface area contributed by atoms with Crippen molar-refractivity contribution in [2.75, 3.05) is 51.1 Å². The summed E-state index contributed by atoms with van der Waals surface area (Å²) in [5.74, 6) is -0.220. The van der Waals surface area contributed by atoms with E-state index in [-0.39, 0.29) is 30.9 Å². The highest BCUT2D eigenvalue weighted by molar-refractivity contribution is 7.66. The Kier molecular flexibility index (Phi) is 13.8. The van der Waals surface area contributed by atoms with Crippen LogP contribution in [0.15, 0.2) is 64.3 Å². The Balaban J connectivity index is 1.18. The predicted octanol–water partition coefficient (Wildman–Crippen LogP) is 1.86. The van der Waals surface area contributed by atoms with Crippen molar-refractivity contribution in [1.82, 2.24) is 14.9 Å². The zero-order valence-corrected chi connectivity index (χ0v) is 33.9. The molecule has 0 spiro atoms. The number of aliphatic hydroxyl groups excluding tert-OH is 1. The van der Waals surface area contributed by atoms with Crippen LogP contribution in [0.1, 0.15) is 31.1 Å². The van der Waals surface area contributed by atoms with Crippen LogP contribution >= 0.6 is 23.5 Å². The Morgan fingerprint density at radius 3 is 2.16 bits per heavy atom. The number of fused-ring (bicyclic) bond motifs is 2. The number of ether oxygens (including phenoxy) is 1. The molecule has 1 fully saturated rings. The number of aliphatic hydroxyl groups is 1. The second-order valence-electron chi connectivity index (χ2n) is 13.5. The van der Waals surface area contributed by atoms with Crippen molar-refractivity contribution in [1.29, 1.82) is 0 Å². The van der Waals surface area contributed by atoms with Crippen molar-refractivity contribution in [3.63, 3.8) is 0 Å². The van der Waals surface area contributed by atoms with E-state index in [2.05, 4.69) is 70.5 Å². The SMILES string of the molecule is CN(C)c1ccc2cc3ccc(N(C)C)cc3[n+](CCCC(=O)NC/C=C/c3cn([C@H]4C[C@H](O)[C@@H](COP(=O)(O)OP(=O)(O)OP(=O)(O)O)O4)c(=O)[nH]c3=O)c2c1. The van der Waals surface area contributed by atoms with E-state index in [4.69, 9.17) is 14.5 Å². The number of hydrogen-bond acceptors (Lipinski definition) is 13. The highest BCUT2D eigenvalue weighted by Crippen LogP contribution is 2.66. The molecule has 1 aliphatic heterocycles. The normalized spacial score (nSPS) is 19.5. The van der Waals surface area contributed by atoms with Crippen LogP contribution in [0.25, 0.3) is 27.9 Å². The minimum Gasteiger partial charge on any atom is -0.390 e. The van der Waals surface area contributed by atoms with Crippen LogP contribution in [0, 0.1) is 0 Å². The fraction of sp³-hybridized carbons (Fsp3) is 0.394. The molecule has 4 aromatic rings. The molecule has 1 saturated heterocycles. The molecule has 1 aliphatic rings. The van der Waals surface area contributed by atoms with Crippen LogP contribution < -0.4 is 30.9 Å². The average molecular weight is 858 g/mol. The van der Waals surface area contributed by atoms with Crippen LogP contribution in [-0.2, 0) is 42.9 Å². The van der Waals surface area contributed by atoms with Crippen LogP contribution in [0.4, 0.5) is 11.4 Å². The molecule has 2 aromatic carbocycles. The minimum absolute atomic E-state index is 0.00734. The number of anilines is 2. The number of hydrogen-bond donors (Lipinski definition) is 7. The van der Waals surface area contributed by atoms with E-state index in [1.54, 1.807) is 0 Å². The van der Waals surface area contributed by atoms with Gasteiger partial charge < -0.3 is 44.5 Å². The molecule has 5 atom stereocenters. The predicted molar refractivity (Wildman–Crippen MR) is 207 cm³/mol. The van der Waals surface area contributed by atoms with Crippen molar-refractivity contribution in [3.05, 3.63) is 81.1 Å². The molecule has 2 unspecified atom stereocenters. The third kappa shape index (κ3) is 11.8. The first kappa shape index (κ1) is 44.0. The van der Waals surface area contributed by atoms with Gasteiger partial charge in [-0.1, -0.05) is 12.2 Å². The Labute approximate surface area is 325 Å². The molecule has 57 heavy (non-hydrogen) atoms. The van der Waals surface area contributed by atoms with Gasteiger partial charge in [0.25, 0.3) is 5.56 Å². The molecule has 21 nitrogen and oxygen atoms in total. The molecule has 310 valence electrons. The van der Waals surface area contributed by atoms with Crippen LogP contribution in [0.3, 0.4) is 0 Å². The Bertz CT molecular complexity index is 2370. The van der Waals surface area contributed by atoms with Gasteiger partial charge in [-0.05, 0) is 30.3 Å². The quantitative estimate of drug-likeness (QED) is 0.0453. The van der Waals surface area contributed by atoms with E-state index >= 15 is 0 Å². The van der Waals surface area contributed by atoms with E-state index in [1.807, 2.05) is 38.0 Å². The number of aryl methyl sites for hydroxylation is 1. The molecule has 2 aromatic heterocycles. The van der Waals surface area contributed by atoms with Gasteiger partial charge in [0.05, 0.1) is 18.3 Å². The summed E-state index contributed by atoms with van der Waals surface area (Å²) in [6, 6.07) is 14.7. The van der Waals surface area contributed by atoms with Crippen molar-refractivity contribution in [2.45, 2.75) is 44.2 Å². The molecule has 0 radical (unpaired) electrons. The number of nitrogens with zero attached hydrogens (tertiary/aromatic N) is 4. The third-order valence-electron chi connectivity index (χ3n) is 8.78. The number of aromatic nitrogens is 3. The molecular formula is C33H44N6O15P3+. The van der Waals surface area contributed by atoms with E-state index in [1.165, 1.54) is 12.2 Å². The molecule has 5 rings (SSSR count). The summed E-state index contributed by atoms with van der Waals surface area (Å²) in [5, 5.41) is 15.4. The highest BCUT2D eigenvalue weighted by Gasteiger charge is 2.43. The standard InChI is InChI=1S/C33H43N6O15P3/c1-36(2)24-11-9-21-15-22-10-12-25(37(3)4)17-27(22)38(26(21)16-24)14-6-8-30(41)34-13-5-7-23-19-39(33(43)35-32(23)42)31-18-28(40)29(52-31)20-51-56(47,48)54-57(49,50)53-55(44,45)46/h5,7,9-12,15-17,19,28-29,31,40H,6,8,13-14,18,20H2,1-4H3,(H5-,34,35,41,42,43,44,45,46,47,48,49,50)/p+1/b7-5+/t28-,29+,31+/m0/s1. The maximum atomic E-state index is 12.9. The Morgan fingerprint density at radius 1 is 0.965 bits per heavy atom. The monoisotopic (exact) mass is 857 g/mol. The molecule has 0 aliphatic carbocycles. The van der Waals surface area contributed by atoms with Gasteiger partial charge in [0.15, 0.2) is 0 Å². The minimum atomic E-state index is -5.76.